The molecule has 4 nitrogen and oxygen atoms in total. The van der Waals surface area contributed by atoms with E-state index in [1.165, 1.54) is 0 Å². The quantitative estimate of drug-likeness (QED) is 0.722. The molecule has 0 amide bonds. The maximum absolute atomic E-state index is 11.3. The summed E-state index contributed by atoms with van der Waals surface area (Å²) < 4.78 is 4.87. The normalized spacial score (nSPS) is 12.2. The Balaban J connectivity index is 2.64. The molecular weight excluding hydrogens is 206 g/mol. The van der Waals surface area contributed by atoms with Gasteiger partial charge in [-0.15, -0.1) is 0 Å². The first-order valence-electron chi connectivity index (χ1n) is 5.30. The Morgan fingerprint density at radius 2 is 2.06 bits per heavy atom. The lowest BCUT2D eigenvalue weighted by atomic mass is 10.1. The third-order valence-corrected chi connectivity index (χ3v) is 2.20. The number of hydrogen-bond donors (Lipinski definition) is 2. The second kappa shape index (κ2) is 6.25. The second-order valence-electron chi connectivity index (χ2n) is 3.56. The van der Waals surface area contributed by atoms with Gasteiger partial charge in [0, 0.05) is 6.04 Å². The predicted molar refractivity (Wildman–Crippen MR) is 61.2 cm³/mol. The van der Waals surface area contributed by atoms with Crippen LogP contribution in [0.25, 0.3) is 0 Å². The fraction of sp³-hybridized carbons (Fsp3) is 0.417. The maximum atomic E-state index is 11.3. The molecule has 3 N–H and O–H groups in total. The first-order valence-corrected chi connectivity index (χ1v) is 5.30. The minimum Gasteiger partial charge on any atom is -0.462 e. The van der Waals surface area contributed by atoms with Crippen LogP contribution in [0, 0.1) is 0 Å². The van der Waals surface area contributed by atoms with Crippen molar-refractivity contribution in [1.29, 1.82) is 0 Å². The number of nitrogens with two attached hydrogens (primary N) is 1. The number of aliphatic hydroxyl groups excluding tert-OH is 1. The molecule has 16 heavy (non-hydrogen) atoms. The minimum atomic E-state index is -0.319. The molecule has 0 bridgehead atoms. The van der Waals surface area contributed by atoms with Crippen molar-refractivity contribution in [2.45, 2.75) is 19.4 Å². The number of ether oxygens (including phenoxy) is 1. The van der Waals surface area contributed by atoms with Crippen LogP contribution in [0.1, 0.15) is 22.8 Å². The molecule has 1 atom stereocenters. The van der Waals surface area contributed by atoms with Crippen LogP contribution in [-0.2, 0) is 11.2 Å². The highest BCUT2D eigenvalue weighted by atomic mass is 16.5. The Hall–Kier alpha value is -1.39. The van der Waals surface area contributed by atoms with Crippen molar-refractivity contribution in [3.8, 4) is 0 Å². The molecule has 4 heteroatoms. The molecule has 1 aromatic carbocycles. The number of esters is 1. The number of carbonyl (C=O) groups is 1. The van der Waals surface area contributed by atoms with Gasteiger partial charge < -0.3 is 15.6 Å². The van der Waals surface area contributed by atoms with Crippen molar-refractivity contribution in [2.24, 2.45) is 5.73 Å². The van der Waals surface area contributed by atoms with Crippen LogP contribution >= 0.6 is 0 Å². The van der Waals surface area contributed by atoms with Gasteiger partial charge in [-0.05, 0) is 31.0 Å². The fourth-order valence-corrected chi connectivity index (χ4v) is 1.36. The van der Waals surface area contributed by atoms with E-state index < -0.39 is 0 Å². The lowest BCUT2D eigenvalue weighted by Crippen LogP contribution is -2.26. The van der Waals surface area contributed by atoms with Gasteiger partial charge in [-0.25, -0.2) is 4.79 Å². The first kappa shape index (κ1) is 12.7. The number of carbonyl (C=O) groups excluding carboxylic acids is 1. The van der Waals surface area contributed by atoms with Gasteiger partial charge in [-0.2, -0.15) is 0 Å². The molecule has 0 aromatic heterocycles. The van der Waals surface area contributed by atoms with E-state index in [0.717, 1.165) is 5.56 Å². The van der Waals surface area contributed by atoms with Gasteiger partial charge in [-0.3, -0.25) is 0 Å². The lowest BCUT2D eigenvalue weighted by Gasteiger charge is -2.08. The topological polar surface area (TPSA) is 72.5 Å². The number of hydrogen-bond acceptors (Lipinski definition) is 4. The van der Waals surface area contributed by atoms with Gasteiger partial charge in [0.15, 0.2) is 0 Å². The van der Waals surface area contributed by atoms with E-state index in [0.29, 0.717) is 18.6 Å². The third-order valence-electron chi connectivity index (χ3n) is 2.20. The number of benzene rings is 1. The molecular formula is C12H17NO3. The van der Waals surface area contributed by atoms with Gasteiger partial charge in [0.1, 0.15) is 0 Å². The highest BCUT2D eigenvalue weighted by Gasteiger charge is 2.07. The lowest BCUT2D eigenvalue weighted by molar-refractivity contribution is 0.0526. The highest BCUT2D eigenvalue weighted by Crippen LogP contribution is 2.07. The average molecular weight is 223 g/mol. The molecule has 1 rings (SSSR count). The average Bonchev–Trinajstić information content (AvgIpc) is 2.30. The summed E-state index contributed by atoms with van der Waals surface area (Å²) in [5.74, 6) is -0.319. The monoisotopic (exact) mass is 223 g/mol. The van der Waals surface area contributed by atoms with Crippen LogP contribution in [0.15, 0.2) is 24.3 Å². The summed E-state index contributed by atoms with van der Waals surface area (Å²) in [5, 5.41) is 8.81. The van der Waals surface area contributed by atoms with E-state index in [-0.39, 0.29) is 18.6 Å². The van der Waals surface area contributed by atoms with Gasteiger partial charge in [-0.1, -0.05) is 12.1 Å². The van der Waals surface area contributed by atoms with Crippen molar-refractivity contribution in [3.63, 3.8) is 0 Å². The van der Waals surface area contributed by atoms with Crippen LogP contribution in [0.3, 0.4) is 0 Å². The van der Waals surface area contributed by atoms with Crippen LogP contribution in [0.4, 0.5) is 0 Å². The molecule has 0 saturated heterocycles. The van der Waals surface area contributed by atoms with E-state index >= 15 is 0 Å². The Labute approximate surface area is 95.0 Å². The zero-order valence-electron chi connectivity index (χ0n) is 9.35. The van der Waals surface area contributed by atoms with Crippen LogP contribution in [0.5, 0.6) is 0 Å². The van der Waals surface area contributed by atoms with Crippen molar-refractivity contribution >= 4 is 5.97 Å². The van der Waals surface area contributed by atoms with Crippen LogP contribution < -0.4 is 5.73 Å². The van der Waals surface area contributed by atoms with Crippen molar-refractivity contribution in [1.82, 2.24) is 0 Å². The standard InChI is InChI=1S/C12H17NO3/c1-2-16-12(15)10-5-3-9(4-6-10)7-11(13)8-14/h3-6,11,14H,2,7-8,13H2,1H3/t11-/m0/s1. The van der Waals surface area contributed by atoms with Crippen molar-refractivity contribution in [3.05, 3.63) is 35.4 Å². The first-order chi connectivity index (χ1) is 7.67. The largest absolute Gasteiger partial charge is 0.462 e. The summed E-state index contributed by atoms with van der Waals surface area (Å²) in [6.45, 7) is 2.10. The van der Waals surface area contributed by atoms with E-state index in [2.05, 4.69) is 0 Å². The number of rotatable bonds is 5. The van der Waals surface area contributed by atoms with Crippen LogP contribution in [0.2, 0.25) is 0 Å². The summed E-state index contributed by atoms with van der Waals surface area (Å²) in [5.41, 5.74) is 7.13. The van der Waals surface area contributed by atoms with E-state index in [9.17, 15) is 4.79 Å². The third kappa shape index (κ3) is 3.64. The van der Waals surface area contributed by atoms with Gasteiger partial charge in [0.05, 0.1) is 18.8 Å². The molecule has 0 saturated carbocycles. The second-order valence-corrected chi connectivity index (χ2v) is 3.56. The molecule has 0 spiro atoms. The Kier molecular flexibility index (Phi) is 4.95. The summed E-state index contributed by atoms with van der Waals surface area (Å²) in [7, 11) is 0. The van der Waals surface area contributed by atoms with E-state index in [4.69, 9.17) is 15.6 Å². The molecule has 0 aliphatic carbocycles. The zero-order valence-corrected chi connectivity index (χ0v) is 9.35. The summed E-state index contributed by atoms with van der Waals surface area (Å²) in [6.07, 6.45) is 0.597. The molecule has 0 aliphatic rings. The smallest absolute Gasteiger partial charge is 0.338 e. The summed E-state index contributed by atoms with van der Waals surface area (Å²) in [4.78, 5) is 11.3. The molecule has 0 heterocycles. The summed E-state index contributed by atoms with van der Waals surface area (Å²) in [6, 6.07) is 6.80. The van der Waals surface area contributed by atoms with Gasteiger partial charge in [0.25, 0.3) is 0 Å². The Morgan fingerprint density at radius 3 is 2.56 bits per heavy atom. The summed E-state index contributed by atoms with van der Waals surface area (Å²) >= 11 is 0. The number of aliphatic hydroxyl groups is 1. The zero-order chi connectivity index (χ0) is 12.0. The Bertz CT molecular complexity index is 335. The SMILES string of the molecule is CCOC(=O)c1ccc(C[C@H](N)CO)cc1. The van der Waals surface area contributed by atoms with Crippen molar-refractivity contribution in [2.75, 3.05) is 13.2 Å². The minimum absolute atomic E-state index is 0.0420. The van der Waals surface area contributed by atoms with Gasteiger partial charge in [0.2, 0.25) is 0 Å². The highest BCUT2D eigenvalue weighted by molar-refractivity contribution is 5.89. The predicted octanol–water partition coefficient (Wildman–Crippen LogP) is 0.725. The molecule has 88 valence electrons. The van der Waals surface area contributed by atoms with Crippen LogP contribution in [-0.4, -0.2) is 30.3 Å². The molecule has 1 aromatic rings. The molecule has 0 aliphatic heterocycles. The molecule has 0 radical (unpaired) electrons. The Morgan fingerprint density at radius 1 is 1.44 bits per heavy atom. The van der Waals surface area contributed by atoms with Gasteiger partial charge >= 0.3 is 5.97 Å². The maximum Gasteiger partial charge on any atom is 0.338 e. The molecule has 0 fully saturated rings. The fourth-order valence-electron chi connectivity index (χ4n) is 1.36. The van der Waals surface area contributed by atoms with Crippen molar-refractivity contribution < 1.29 is 14.6 Å². The van der Waals surface area contributed by atoms with E-state index in [1.54, 1.807) is 19.1 Å². The molecule has 0 unspecified atom stereocenters. The van der Waals surface area contributed by atoms with E-state index in [1.807, 2.05) is 12.1 Å².